The number of anilines is 1. The predicted octanol–water partition coefficient (Wildman–Crippen LogP) is 2.83. The number of ether oxygens (including phenoxy) is 2. The molecule has 180 valence electrons. The second-order valence-corrected chi connectivity index (χ2v) is 8.16. The summed E-state index contributed by atoms with van der Waals surface area (Å²) in [5.74, 6) is -0.0810. The molecule has 2 aliphatic rings. The third-order valence-electron chi connectivity index (χ3n) is 6.02. The van der Waals surface area contributed by atoms with Crippen LogP contribution in [0.25, 0.3) is 0 Å². The number of hydrogen-bond acceptors (Lipinski definition) is 6. The molecule has 0 aromatic heterocycles. The van der Waals surface area contributed by atoms with Crippen molar-refractivity contribution >= 4 is 17.7 Å². The molecule has 34 heavy (non-hydrogen) atoms. The molecular weight excluding hydrogens is 439 g/mol. The summed E-state index contributed by atoms with van der Waals surface area (Å²) in [4.78, 5) is 29.9. The molecular formula is C25H29FN4O4. The Balaban J connectivity index is 1.54. The molecule has 8 nitrogen and oxygen atoms in total. The Morgan fingerprint density at radius 2 is 1.85 bits per heavy atom. The van der Waals surface area contributed by atoms with Crippen molar-refractivity contribution in [3.63, 3.8) is 0 Å². The van der Waals surface area contributed by atoms with Crippen LogP contribution in [0.1, 0.15) is 18.5 Å². The fraction of sp³-hybridized carbons (Fsp3) is 0.360. The van der Waals surface area contributed by atoms with E-state index in [1.807, 2.05) is 18.2 Å². The first-order valence-corrected chi connectivity index (χ1v) is 11.3. The largest absolute Gasteiger partial charge is 0.497 e. The van der Waals surface area contributed by atoms with Gasteiger partial charge in [-0.1, -0.05) is 18.2 Å². The van der Waals surface area contributed by atoms with Gasteiger partial charge in [0.25, 0.3) is 0 Å². The molecule has 1 saturated heterocycles. The summed E-state index contributed by atoms with van der Waals surface area (Å²) >= 11 is 0. The summed E-state index contributed by atoms with van der Waals surface area (Å²) in [6.45, 7) is 5.43. The zero-order chi connectivity index (χ0) is 24.1. The second kappa shape index (κ2) is 10.6. The third kappa shape index (κ3) is 5.31. The number of hydrogen-bond donors (Lipinski definition) is 2. The molecule has 0 bridgehead atoms. The van der Waals surface area contributed by atoms with E-state index >= 15 is 0 Å². The number of halogens is 1. The topological polar surface area (TPSA) is 83.1 Å². The number of esters is 1. The molecule has 2 N–H and O–H groups in total. The van der Waals surface area contributed by atoms with Crippen LogP contribution < -0.4 is 20.3 Å². The van der Waals surface area contributed by atoms with E-state index in [4.69, 9.17) is 9.47 Å². The first-order valence-electron chi connectivity index (χ1n) is 11.3. The van der Waals surface area contributed by atoms with Crippen LogP contribution in [0.15, 0.2) is 59.8 Å². The number of rotatable bonds is 7. The van der Waals surface area contributed by atoms with Gasteiger partial charge < -0.3 is 25.0 Å². The number of benzene rings is 2. The molecule has 1 unspecified atom stereocenters. The molecule has 1 fully saturated rings. The van der Waals surface area contributed by atoms with Crippen molar-refractivity contribution in [3.05, 3.63) is 71.2 Å². The van der Waals surface area contributed by atoms with Gasteiger partial charge in [-0.05, 0) is 36.8 Å². The van der Waals surface area contributed by atoms with Crippen LogP contribution in [0.2, 0.25) is 0 Å². The maximum atomic E-state index is 13.5. The van der Waals surface area contributed by atoms with Gasteiger partial charge in [-0.25, -0.2) is 14.0 Å². The highest BCUT2D eigenvalue weighted by atomic mass is 19.1. The molecule has 2 aliphatic heterocycles. The van der Waals surface area contributed by atoms with E-state index < -0.39 is 18.0 Å². The quantitative estimate of drug-likeness (QED) is 0.608. The monoisotopic (exact) mass is 468 g/mol. The first kappa shape index (κ1) is 23.6. The molecule has 1 atom stereocenters. The minimum absolute atomic E-state index is 0.207. The highest BCUT2D eigenvalue weighted by Gasteiger charge is 2.34. The minimum Gasteiger partial charge on any atom is -0.497 e. The summed E-state index contributed by atoms with van der Waals surface area (Å²) in [6, 6.07) is 12.6. The molecule has 0 aliphatic carbocycles. The van der Waals surface area contributed by atoms with Crippen molar-refractivity contribution in [3.8, 4) is 5.75 Å². The average Bonchev–Trinajstić information content (AvgIpc) is 2.85. The van der Waals surface area contributed by atoms with Crippen molar-refractivity contribution in [1.29, 1.82) is 0 Å². The average molecular weight is 469 g/mol. The van der Waals surface area contributed by atoms with E-state index in [0.717, 1.165) is 37.6 Å². The van der Waals surface area contributed by atoms with Gasteiger partial charge in [-0.15, -0.1) is 0 Å². The first-order chi connectivity index (χ1) is 16.5. The maximum absolute atomic E-state index is 13.5. The Bertz CT molecular complexity index is 1060. The molecule has 2 amide bonds. The van der Waals surface area contributed by atoms with Crippen molar-refractivity contribution in [2.45, 2.75) is 13.0 Å². The SMILES string of the molecule is CCOC(=O)C1=C(CN2CCN(c3cccc(OC)c3)CC2)NC(=O)NC1c1ccc(F)cc1. The van der Waals surface area contributed by atoms with Gasteiger partial charge in [0.2, 0.25) is 0 Å². The van der Waals surface area contributed by atoms with Gasteiger partial charge in [0, 0.05) is 50.2 Å². The molecule has 2 aromatic rings. The van der Waals surface area contributed by atoms with Gasteiger partial charge in [0.05, 0.1) is 25.3 Å². The summed E-state index contributed by atoms with van der Waals surface area (Å²) in [6.07, 6.45) is 0. The number of methoxy groups -OCH3 is 1. The van der Waals surface area contributed by atoms with Crippen LogP contribution in [0.5, 0.6) is 5.75 Å². The van der Waals surface area contributed by atoms with Crippen LogP contribution in [-0.2, 0) is 9.53 Å². The Hall–Kier alpha value is -3.59. The Morgan fingerprint density at radius 1 is 1.12 bits per heavy atom. The van der Waals surface area contributed by atoms with Crippen molar-refractivity contribution < 1.29 is 23.5 Å². The molecule has 2 heterocycles. The summed E-state index contributed by atoms with van der Waals surface area (Å²) in [7, 11) is 1.65. The van der Waals surface area contributed by atoms with E-state index in [1.54, 1.807) is 26.2 Å². The molecule has 2 aromatic carbocycles. The van der Waals surface area contributed by atoms with Crippen molar-refractivity contribution in [1.82, 2.24) is 15.5 Å². The molecule has 4 rings (SSSR count). The molecule has 9 heteroatoms. The number of amides is 2. The second-order valence-electron chi connectivity index (χ2n) is 8.16. The summed E-state index contributed by atoms with van der Waals surface area (Å²) in [5.41, 5.74) is 2.55. The van der Waals surface area contributed by atoms with Crippen molar-refractivity contribution in [2.24, 2.45) is 0 Å². The maximum Gasteiger partial charge on any atom is 0.338 e. The Kier molecular flexibility index (Phi) is 7.32. The van der Waals surface area contributed by atoms with E-state index in [2.05, 4.69) is 26.5 Å². The molecule has 0 saturated carbocycles. The lowest BCUT2D eigenvalue weighted by Gasteiger charge is -2.38. The van der Waals surface area contributed by atoms with Crippen LogP contribution in [-0.4, -0.2) is 63.3 Å². The lowest BCUT2D eigenvalue weighted by Crippen LogP contribution is -2.51. The Labute approximate surface area is 198 Å². The fourth-order valence-corrected chi connectivity index (χ4v) is 4.29. The van der Waals surface area contributed by atoms with Crippen LogP contribution in [0.4, 0.5) is 14.9 Å². The van der Waals surface area contributed by atoms with Crippen LogP contribution in [0, 0.1) is 5.82 Å². The highest BCUT2D eigenvalue weighted by molar-refractivity contribution is 5.95. The normalized spacial score (nSPS) is 18.9. The van der Waals surface area contributed by atoms with Gasteiger partial charge in [0.1, 0.15) is 11.6 Å². The molecule has 0 radical (unpaired) electrons. The number of nitrogens with zero attached hydrogens (tertiary/aromatic N) is 2. The number of nitrogens with one attached hydrogen (secondary N) is 2. The number of urea groups is 1. The minimum atomic E-state index is -0.721. The highest BCUT2D eigenvalue weighted by Crippen LogP contribution is 2.29. The van der Waals surface area contributed by atoms with E-state index in [9.17, 15) is 14.0 Å². The fourth-order valence-electron chi connectivity index (χ4n) is 4.29. The van der Waals surface area contributed by atoms with Crippen LogP contribution >= 0.6 is 0 Å². The zero-order valence-corrected chi connectivity index (χ0v) is 19.3. The summed E-state index contributed by atoms with van der Waals surface area (Å²) in [5, 5.41) is 5.58. The summed E-state index contributed by atoms with van der Waals surface area (Å²) < 4.78 is 24.1. The van der Waals surface area contributed by atoms with Gasteiger partial charge in [0.15, 0.2) is 0 Å². The standard InChI is InChI=1S/C25H29FN4O4/c1-3-34-24(31)22-21(27-25(32)28-23(22)17-7-9-18(26)10-8-17)16-29-11-13-30(14-12-29)19-5-4-6-20(15-19)33-2/h4-10,15,23H,3,11-14,16H2,1-2H3,(H2,27,28,32). The van der Waals surface area contributed by atoms with Gasteiger partial charge >= 0.3 is 12.0 Å². The lowest BCUT2D eigenvalue weighted by atomic mass is 9.95. The van der Waals surface area contributed by atoms with E-state index in [0.29, 0.717) is 23.4 Å². The zero-order valence-electron chi connectivity index (χ0n) is 19.3. The van der Waals surface area contributed by atoms with Gasteiger partial charge in [-0.2, -0.15) is 0 Å². The lowest BCUT2D eigenvalue weighted by molar-refractivity contribution is -0.139. The van der Waals surface area contributed by atoms with Crippen LogP contribution in [0.3, 0.4) is 0 Å². The number of carbonyl (C=O) groups is 2. The van der Waals surface area contributed by atoms with E-state index in [-0.39, 0.29) is 12.4 Å². The molecule has 0 spiro atoms. The van der Waals surface area contributed by atoms with Crippen molar-refractivity contribution in [2.75, 3.05) is 51.3 Å². The van der Waals surface area contributed by atoms with E-state index in [1.165, 1.54) is 12.1 Å². The van der Waals surface area contributed by atoms with Gasteiger partial charge in [-0.3, -0.25) is 4.90 Å². The third-order valence-corrected chi connectivity index (χ3v) is 6.02. The Morgan fingerprint density at radius 3 is 2.53 bits per heavy atom. The number of carbonyl (C=O) groups excluding carboxylic acids is 2. The number of piperazine rings is 1. The predicted molar refractivity (Wildman–Crippen MR) is 126 cm³/mol. The smallest absolute Gasteiger partial charge is 0.338 e.